The molecule has 0 fully saturated rings. The van der Waals surface area contributed by atoms with Gasteiger partial charge in [0.05, 0.1) is 6.04 Å². The lowest BCUT2D eigenvalue weighted by Gasteiger charge is -2.28. The highest BCUT2D eigenvalue weighted by atomic mass is 32.1. The fourth-order valence-corrected chi connectivity index (χ4v) is 3.38. The molecule has 4 nitrogen and oxygen atoms in total. The van der Waals surface area contributed by atoms with Crippen LogP contribution in [0.15, 0.2) is 52.8 Å². The zero-order valence-electron chi connectivity index (χ0n) is 15.1. The monoisotopic (exact) mass is 344 g/mol. The van der Waals surface area contributed by atoms with E-state index in [4.69, 9.17) is 0 Å². The van der Waals surface area contributed by atoms with E-state index in [1.807, 2.05) is 18.4 Å². The molecule has 1 N–H and O–H groups in total. The van der Waals surface area contributed by atoms with E-state index in [0.29, 0.717) is 6.04 Å². The molecular formula is C19H28N4S. The van der Waals surface area contributed by atoms with E-state index in [0.717, 1.165) is 25.5 Å². The minimum Gasteiger partial charge on any atom is -0.354 e. The van der Waals surface area contributed by atoms with Gasteiger partial charge in [-0.3, -0.25) is 4.99 Å². The number of hydrogen-bond donors (Lipinski definition) is 1. The molecule has 5 heteroatoms. The highest BCUT2D eigenvalue weighted by Crippen LogP contribution is 2.16. The summed E-state index contributed by atoms with van der Waals surface area (Å²) >= 11 is 1.81. The number of guanidine groups is 1. The van der Waals surface area contributed by atoms with Gasteiger partial charge < -0.3 is 15.1 Å². The van der Waals surface area contributed by atoms with Crippen molar-refractivity contribution in [2.45, 2.75) is 12.5 Å². The molecule has 0 saturated heterocycles. The highest BCUT2D eigenvalue weighted by molar-refractivity contribution is 7.09. The predicted molar refractivity (Wildman–Crippen MR) is 105 cm³/mol. The van der Waals surface area contributed by atoms with Gasteiger partial charge in [0.2, 0.25) is 0 Å². The first-order valence-corrected chi connectivity index (χ1v) is 9.15. The van der Waals surface area contributed by atoms with Crippen LogP contribution in [-0.4, -0.2) is 57.0 Å². The fourth-order valence-electron chi connectivity index (χ4n) is 2.69. The van der Waals surface area contributed by atoms with Crippen molar-refractivity contribution >= 4 is 17.3 Å². The van der Waals surface area contributed by atoms with E-state index in [1.54, 1.807) is 0 Å². The van der Waals surface area contributed by atoms with Crippen LogP contribution in [0.2, 0.25) is 0 Å². The van der Waals surface area contributed by atoms with Crippen LogP contribution in [0, 0.1) is 0 Å². The molecule has 0 spiro atoms. The Balaban J connectivity index is 1.91. The van der Waals surface area contributed by atoms with E-state index in [9.17, 15) is 0 Å². The van der Waals surface area contributed by atoms with Crippen LogP contribution >= 0.6 is 11.3 Å². The van der Waals surface area contributed by atoms with Gasteiger partial charge in [0.15, 0.2) is 5.96 Å². The average Bonchev–Trinajstić information content (AvgIpc) is 3.10. The Labute approximate surface area is 149 Å². The number of thiophene rings is 1. The summed E-state index contributed by atoms with van der Waals surface area (Å²) in [6.07, 6.45) is 1.05. The SMILES string of the molecule is CN=C(NCC(c1ccccc1)N(C)C)N(C)CCc1cccs1. The molecule has 0 amide bonds. The van der Waals surface area contributed by atoms with Gasteiger partial charge in [-0.05, 0) is 37.5 Å². The summed E-state index contributed by atoms with van der Waals surface area (Å²) in [5.41, 5.74) is 1.31. The van der Waals surface area contributed by atoms with Crippen LogP contribution < -0.4 is 5.32 Å². The molecule has 1 unspecified atom stereocenters. The number of nitrogens with zero attached hydrogens (tertiary/aromatic N) is 3. The second kappa shape index (κ2) is 9.45. The summed E-state index contributed by atoms with van der Waals surface area (Å²) in [7, 11) is 8.17. The number of hydrogen-bond acceptors (Lipinski definition) is 3. The third-order valence-electron chi connectivity index (χ3n) is 4.11. The quantitative estimate of drug-likeness (QED) is 0.618. The second-order valence-corrected chi connectivity index (χ2v) is 7.10. The summed E-state index contributed by atoms with van der Waals surface area (Å²) < 4.78 is 0. The topological polar surface area (TPSA) is 30.9 Å². The fraction of sp³-hybridized carbons (Fsp3) is 0.421. The molecular weight excluding hydrogens is 316 g/mol. The Bertz CT molecular complexity index is 608. The summed E-state index contributed by atoms with van der Waals surface area (Å²) in [4.78, 5) is 10.3. The Morgan fingerprint density at radius 1 is 1.12 bits per heavy atom. The van der Waals surface area contributed by atoms with Crippen molar-refractivity contribution in [3.63, 3.8) is 0 Å². The van der Waals surface area contributed by atoms with E-state index < -0.39 is 0 Å². The maximum absolute atomic E-state index is 4.43. The van der Waals surface area contributed by atoms with Gasteiger partial charge in [0.25, 0.3) is 0 Å². The summed E-state index contributed by atoms with van der Waals surface area (Å²) in [5.74, 6) is 0.939. The van der Waals surface area contributed by atoms with Crippen LogP contribution in [0.1, 0.15) is 16.5 Å². The van der Waals surface area contributed by atoms with Crippen LogP contribution in [0.25, 0.3) is 0 Å². The van der Waals surface area contributed by atoms with Crippen molar-refractivity contribution in [1.82, 2.24) is 15.1 Å². The van der Waals surface area contributed by atoms with E-state index in [-0.39, 0.29) is 0 Å². The van der Waals surface area contributed by atoms with Crippen LogP contribution in [0.3, 0.4) is 0 Å². The summed E-state index contributed by atoms with van der Waals surface area (Å²) in [6, 6.07) is 15.2. The smallest absolute Gasteiger partial charge is 0.193 e. The first kappa shape index (κ1) is 18.5. The number of rotatable bonds is 7. The van der Waals surface area contributed by atoms with E-state index in [1.165, 1.54) is 10.4 Å². The summed E-state index contributed by atoms with van der Waals surface area (Å²) in [5, 5.41) is 5.65. The van der Waals surface area contributed by atoms with E-state index >= 15 is 0 Å². The minimum atomic E-state index is 0.314. The van der Waals surface area contributed by atoms with Crippen molar-refractivity contribution in [2.24, 2.45) is 4.99 Å². The zero-order valence-corrected chi connectivity index (χ0v) is 15.9. The first-order valence-electron chi connectivity index (χ1n) is 8.27. The molecule has 1 heterocycles. The summed E-state index contributed by atoms with van der Waals surface area (Å²) in [6.45, 7) is 1.78. The lowest BCUT2D eigenvalue weighted by Crippen LogP contribution is -2.43. The zero-order chi connectivity index (χ0) is 17.4. The molecule has 0 radical (unpaired) electrons. The average molecular weight is 345 g/mol. The molecule has 130 valence electrons. The van der Waals surface area contributed by atoms with E-state index in [2.05, 4.69) is 89.1 Å². The van der Waals surface area contributed by atoms with Crippen LogP contribution in [0.4, 0.5) is 0 Å². The number of aliphatic imine (C=N–C) groups is 1. The molecule has 1 aromatic carbocycles. The lowest BCUT2D eigenvalue weighted by atomic mass is 10.1. The van der Waals surface area contributed by atoms with Crippen molar-refractivity contribution in [3.8, 4) is 0 Å². The normalized spacial score (nSPS) is 13.1. The van der Waals surface area contributed by atoms with Gasteiger partial charge in [-0.1, -0.05) is 36.4 Å². The van der Waals surface area contributed by atoms with Crippen LogP contribution in [0.5, 0.6) is 0 Å². The van der Waals surface area contributed by atoms with Gasteiger partial charge in [-0.2, -0.15) is 0 Å². The Hall–Kier alpha value is -1.85. The standard InChI is InChI=1S/C19H28N4S/c1-20-19(23(4)13-12-17-11-8-14-24-17)21-15-18(22(2)3)16-9-6-5-7-10-16/h5-11,14,18H,12-13,15H2,1-4H3,(H,20,21). The maximum Gasteiger partial charge on any atom is 0.193 e. The molecule has 24 heavy (non-hydrogen) atoms. The molecule has 0 aliphatic carbocycles. The Kier molecular flexibility index (Phi) is 7.28. The minimum absolute atomic E-state index is 0.314. The molecule has 1 atom stereocenters. The molecule has 0 aliphatic rings. The van der Waals surface area contributed by atoms with Gasteiger partial charge in [-0.25, -0.2) is 0 Å². The molecule has 0 saturated carbocycles. The van der Waals surface area contributed by atoms with Crippen LogP contribution in [-0.2, 0) is 6.42 Å². The number of likely N-dealkylation sites (N-methyl/N-ethyl adjacent to an activating group) is 2. The number of nitrogens with one attached hydrogen (secondary N) is 1. The lowest BCUT2D eigenvalue weighted by molar-refractivity contribution is 0.295. The van der Waals surface area contributed by atoms with Gasteiger partial charge >= 0.3 is 0 Å². The van der Waals surface area contributed by atoms with Gasteiger partial charge in [0.1, 0.15) is 0 Å². The van der Waals surface area contributed by atoms with Gasteiger partial charge in [-0.15, -0.1) is 11.3 Å². The Morgan fingerprint density at radius 3 is 2.46 bits per heavy atom. The number of benzene rings is 1. The first-order chi connectivity index (χ1) is 11.6. The molecule has 2 aromatic rings. The maximum atomic E-state index is 4.43. The van der Waals surface area contributed by atoms with Crippen molar-refractivity contribution in [2.75, 3.05) is 41.3 Å². The predicted octanol–water partition coefficient (Wildman–Crippen LogP) is 3.10. The largest absolute Gasteiger partial charge is 0.354 e. The van der Waals surface area contributed by atoms with Crippen molar-refractivity contribution in [3.05, 3.63) is 58.3 Å². The molecule has 2 rings (SSSR count). The highest BCUT2D eigenvalue weighted by Gasteiger charge is 2.15. The molecule has 0 aliphatic heterocycles. The van der Waals surface area contributed by atoms with Gasteiger partial charge in [0, 0.05) is 32.1 Å². The molecule has 0 bridgehead atoms. The van der Waals surface area contributed by atoms with Crippen molar-refractivity contribution < 1.29 is 0 Å². The third-order valence-corrected chi connectivity index (χ3v) is 5.04. The molecule has 1 aromatic heterocycles. The van der Waals surface area contributed by atoms with Crippen molar-refractivity contribution in [1.29, 1.82) is 0 Å². The second-order valence-electron chi connectivity index (χ2n) is 6.07. The Morgan fingerprint density at radius 2 is 1.88 bits per heavy atom. The third kappa shape index (κ3) is 5.35.